The van der Waals surface area contributed by atoms with Crippen molar-refractivity contribution in [2.24, 2.45) is 5.73 Å². The summed E-state index contributed by atoms with van der Waals surface area (Å²) in [4.78, 5) is 2.50. The summed E-state index contributed by atoms with van der Waals surface area (Å²) in [6.07, 6.45) is 5.33. The molecule has 1 atom stereocenters. The molecule has 5 heteroatoms. The Bertz CT molecular complexity index is 158. The van der Waals surface area contributed by atoms with Gasteiger partial charge in [-0.15, -0.1) is 24.8 Å². The van der Waals surface area contributed by atoms with Crippen LogP contribution in [-0.2, 0) is 4.74 Å². The molecule has 2 aliphatic heterocycles. The molecule has 2 aliphatic rings. The van der Waals surface area contributed by atoms with E-state index >= 15 is 0 Å². The monoisotopic (exact) mass is 256 g/mol. The molecule has 2 fully saturated rings. The Morgan fingerprint density at radius 3 is 2.33 bits per heavy atom. The lowest BCUT2D eigenvalue weighted by Crippen LogP contribution is -2.42. The molecule has 0 aromatic rings. The van der Waals surface area contributed by atoms with Crippen LogP contribution >= 0.6 is 24.8 Å². The van der Waals surface area contributed by atoms with Gasteiger partial charge in [0.05, 0.1) is 6.10 Å². The molecule has 0 aromatic carbocycles. The Morgan fingerprint density at radius 1 is 1.13 bits per heavy atom. The zero-order chi connectivity index (χ0) is 9.10. The average Bonchev–Trinajstić information content (AvgIpc) is 2.62. The second kappa shape index (κ2) is 7.69. The van der Waals surface area contributed by atoms with Gasteiger partial charge in [-0.1, -0.05) is 0 Å². The van der Waals surface area contributed by atoms with E-state index < -0.39 is 0 Å². The first-order valence-electron chi connectivity index (χ1n) is 5.44. The second-order valence-corrected chi connectivity index (χ2v) is 4.27. The summed E-state index contributed by atoms with van der Waals surface area (Å²) in [6.45, 7) is 4.44. The van der Waals surface area contributed by atoms with Crippen molar-refractivity contribution >= 4 is 24.8 Å². The normalized spacial score (nSPS) is 28.2. The molecular weight excluding hydrogens is 235 g/mol. The highest BCUT2D eigenvalue weighted by atomic mass is 35.5. The van der Waals surface area contributed by atoms with E-state index in [2.05, 4.69) is 4.90 Å². The van der Waals surface area contributed by atoms with Crippen LogP contribution in [0.3, 0.4) is 0 Å². The van der Waals surface area contributed by atoms with E-state index in [-0.39, 0.29) is 24.8 Å². The number of nitrogens with two attached hydrogens (primary N) is 1. The number of likely N-dealkylation sites (tertiary alicyclic amines) is 1. The van der Waals surface area contributed by atoms with E-state index in [0.29, 0.717) is 12.1 Å². The Hall–Kier alpha value is 0.460. The number of halogens is 2. The van der Waals surface area contributed by atoms with Crippen LogP contribution in [0.25, 0.3) is 0 Å². The molecule has 0 bridgehead atoms. The molecular formula is C10H22Cl2N2O. The zero-order valence-corrected chi connectivity index (χ0v) is 10.7. The van der Waals surface area contributed by atoms with Gasteiger partial charge in [0.25, 0.3) is 0 Å². The van der Waals surface area contributed by atoms with Crippen LogP contribution in [0, 0.1) is 0 Å². The minimum absolute atomic E-state index is 0. The molecule has 0 aliphatic carbocycles. The van der Waals surface area contributed by atoms with Crippen LogP contribution in [0.2, 0.25) is 0 Å². The lowest BCUT2D eigenvalue weighted by Gasteiger charge is -2.31. The molecule has 2 rings (SSSR count). The van der Waals surface area contributed by atoms with E-state index in [1.165, 1.54) is 25.9 Å². The van der Waals surface area contributed by atoms with Gasteiger partial charge in [-0.3, -0.25) is 0 Å². The fourth-order valence-corrected chi connectivity index (χ4v) is 2.21. The van der Waals surface area contributed by atoms with Gasteiger partial charge in [0, 0.05) is 19.2 Å². The van der Waals surface area contributed by atoms with Crippen LogP contribution in [-0.4, -0.2) is 43.3 Å². The Labute approximate surface area is 105 Å². The summed E-state index contributed by atoms with van der Waals surface area (Å²) in [5.74, 6) is 0. The van der Waals surface area contributed by atoms with Crippen LogP contribution in [0.4, 0.5) is 0 Å². The summed E-state index contributed by atoms with van der Waals surface area (Å²) in [5.41, 5.74) is 5.85. The predicted octanol–water partition coefficient (Wildman–Crippen LogP) is 1.43. The van der Waals surface area contributed by atoms with E-state index in [1.807, 2.05) is 0 Å². The fraction of sp³-hybridized carbons (Fsp3) is 1.00. The molecule has 2 N–H and O–H groups in total. The predicted molar refractivity (Wildman–Crippen MR) is 67.1 cm³/mol. The van der Waals surface area contributed by atoms with Gasteiger partial charge in [-0.25, -0.2) is 0 Å². The van der Waals surface area contributed by atoms with Crippen molar-refractivity contribution in [3.63, 3.8) is 0 Å². The van der Waals surface area contributed by atoms with Gasteiger partial charge in [-0.2, -0.15) is 0 Å². The highest BCUT2D eigenvalue weighted by Crippen LogP contribution is 2.16. The third-order valence-electron chi connectivity index (χ3n) is 3.12. The molecule has 1 unspecified atom stereocenters. The summed E-state index contributed by atoms with van der Waals surface area (Å²) >= 11 is 0. The maximum atomic E-state index is 5.85. The van der Waals surface area contributed by atoms with Crippen LogP contribution in [0.1, 0.15) is 25.7 Å². The first kappa shape index (κ1) is 15.5. The summed E-state index contributed by atoms with van der Waals surface area (Å²) in [5, 5.41) is 0. The number of piperidine rings is 1. The molecule has 2 saturated heterocycles. The molecule has 0 saturated carbocycles. The highest BCUT2D eigenvalue weighted by Gasteiger charge is 2.22. The van der Waals surface area contributed by atoms with Gasteiger partial charge >= 0.3 is 0 Å². The molecule has 92 valence electrons. The smallest absolute Gasteiger partial charge is 0.0702 e. The van der Waals surface area contributed by atoms with Crippen molar-refractivity contribution in [3.8, 4) is 0 Å². The van der Waals surface area contributed by atoms with Crippen LogP contribution in [0.5, 0.6) is 0 Å². The number of rotatable bonds is 2. The summed E-state index contributed by atoms with van der Waals surface area (Å²) in [7, 11) is 0. The quantitative estimate of drug-likeness (QED) is 0.813. The van der Waals surface area contributed by atoms with Gasteiger partial charge in [0.2, 0.25) is 0 Å². The maximum absolute atomic E-state index is 5.85. The zero-order valence-electron chi connectivity index (χ0n) is 9.06. The topological polar surface area (TPSA) is 38.5 Å². The number of ether oxygens (including phenoxy) is 1. The van der Waals surface area contributed by atoms with E-state index in [9.17, 15) is 0 Å². The Balaban J connectivity index is 0.000000980. The summed E-state index contributed by atoms with van der Waals surface area (Å²) < 4.78 is 5.61. The van der Waals surface area contributed by atoms with E-state index in [1.54, 1.807) is 0 Å². The molecule has 15 heavy (non-hydrogen) atoms. The highest BCUT2D eigenvalue weighted by molar-refractivity contribution is 5.85. The van der Waals surface area contributed by atoms with Crippen LogP contribution < -0.4 is 5.73 Å². The average molecular weight is 257 g/mol. The van der Waals surface area contributed by atoms with E-state index in [4.69, 9.17) is 10.5 Å². The maximum Gasteiger partial charge on any atom is 0.0702 e. The van der Waals surface area contributed by atoms with Crippen molar-refractivity contribution in [1.29, 1.82) is 0 Å². The Kier molecular flexibility index (Phi) is 7.92. The van der Waals surface area contributed by atoms with Gasteiger partial charge in [0.1, 0.15) is 0 Å². The third kappa shape index (κ3) is 4.87. The van der Waals surface area contributed by atoms with Crippen molar-refractivity contribution in [3.05, 3.63) is 0 Å². The van der Waals surface area contributed by atoms with Crippen molar-refractivity contribution < 1.29 is 4.74 Å². The van der Waals surface area contributed by atoms with Gasteiger partial charge in [0.15, 0.2) is 0 Å². The summed E-state index contributed by atoms with van der Waals surface area (Å²) in [6, 6.07) is 0.445. The van der Waals surface area contributed by atoms with Crippen LogP contribution in [0.15, 0.2) is 0 Å². The minimum atomic E-state index is 0. The second-order valence-electron chi connectivity index (χ2n) is 4.27. The van der Waals surface area contributed by atoms with Gasteiger partial charge in [-0.05, 0) is 38.8 Å². The van der Waals surface area contributed by atoms with Crippen molar-refractivity contribution in [1.82, 2.24) is 4.90 Å². The number of hydrogen-bond donors (Lipinski definition) is 1. The molecule has 2 heterocycles. The SMILES string of the molecule is Cl.Cl.NC1CCN(CC2CCCO2)CC1. The first-order chi connectivity index (χ1) is 6.34. The third-order valence-corrected chi connectivity index (χ3v) is 3.12. The molecule has 0 spiro atoms. The molecule has 0 radical (unpaired) electrons. The van der Waals surface area contributed by atoms with Crippen molar-refractivity contribution in [2.45, 2.75) is 37.8 Å². The first-order valence-corrected chi connectivity index (χ1v) is 5.44. The standard InChI is InChI=1S/C10H20N2O.2ClH/c11-9-3-5-12(6-4-9)8-10-2-1-7-13-10;;/h9-10H,1-8,11H2;2*1H. The minimum Gasteiger partial charge on any atom is -0.377 e. The molecule has 0 amide bonds. The van der Waals surface area contributed by atoms with Crippen molar-refractivity contribution in [2.75, 3.05) is 26.2 Å². The molecule has 0 aromatic heterocycles. The molecule has 3 nitrogen and oxygen atoms in total. The number of hydrogen-bond acceptors (Lipinski definition) is 3. The lowest BCUT2D eigenvalue weighted by atomic mass is 10.1. The van der Waals surface area contributed by atoms with Gasteiger partial charge < -0.3 is 15.4 Å². The lowest BCUT2D eigenvalue weighted by molar-refractivity contribution is 0.0646. The largest absolute Gasteiger partial charge is 0.377 e. The van der Waals surface area contributed by atoms with E-state index in [0.717, 1.165) is 26.0 Å². The Morgan fingerprint density at radius 2 is 1.80 bits per heavy atom. The number of nitrogens with zero attached hydrogens (tertiary/aromatic N) is 1. The fourth-order valence-electron chi connectivity index (χ4n) is 2.21.